The van der Waals surface area contributed by atoms with E-state index in [0.29, 0.717) is 5.56 Å². The van der Waals surface area contributed by atoms with E-state index in [1.54, 1.807) is 26.8 Å². The maximum Gasteiger partial charge on any atom is 0.159 e. The normalized spacial score (nSPS) is 12.8. The van der Waals surface area contributed by atoms with Gasteiger partial charge in [-0.15, -0.1) is 0 Å². The lowest BCUT2D eigenvalue weighted by Crippen LogP contribution is -2.29. The van der Waals surface area contributed by atoms with Crippen LogP contribution in [0.5, 0.6) is 0 Å². The van der Waals surface area contributed by atoms with Crippen molar-refractivity contribution in [1.82, 2.24) is 0 Å². The van der Waals surface area contributed by atoms with E-state index in [-0.39, 0.29) is 17.9 Å². The molecule has 0 bridgehead atoms. The summed E-state index contributed by atoms with van der Waals surface area (Å²) in [5.41, 5.74) is 6.22. The smallest absolute Gasteiger partial charge is 0.159 e. The van der Waals surface area contributed by atoms with Crippen molar-refractivity contribution in [3.05, 3.63) is 35.1 Å². The lowest BCUT2D eigenvalue weighted by Gasteiger charge is -2.19. The van der Waals surface area contributed by atoms with Crippen LogP contribution < -0.4 is 5.73 Å². The highest BCUT2D eigenvalue weighted by Crippen LogP contribution is 2.22. The summed E-state index contributed by atoms with van der Waals surface area (Å²) in [6.45, 7) is 5.06. The molecule has 0 saturated carbocycles. The first kappa shape index (κ1) is 14.1. The minimum Gasteiger partial charge on any atom is -0.326 e. The first-order valence-electron chi connectivity index (χ1n) is 5.37. The third-order valence-corrected chi connectivity index (χ3v) is 5.19. The molecule has 3 nitrogen and oxygen atoms in total. The maximum absolute atomic E-state index is 13.6. The molecule has 0 unspecified atom stereocenters. The van der Waals surface area contributed by atoms with E-state index in [1.807, 2.05) is 0 Å². The van der Waals surface area contributed by atoms with Crippen molar-refractivity contribution in [1.29, 1.82) is 0 Å². The molecule has 17 heavy (non-hydrogen) atoms. The Morgan fingerprint density at radius 3 is 2.29 bits per heavy atom. The predicted octanol–water partition coefficient (Wildman–Crippen LogP) is 2.00. The summed E-state index contributed by atoms with van der Waals surface area (Å²) in [5, 5.41) is 0. The molecule has 0 aliphatic rings. The van der Waals surface area contributed by atoms with Crippen LogP contribution in [0.2, 0.25) is 0 Å². The van der Waals surface area contributed by atoms with Crippen molar-refractivity contribution >= 4 is 9.84 Å². The van der Waals surface area contributed by atoms with E-state index < -0.39 is 20.4 Å². The third kappa shape index (κ3) is 3.26. The Balaban J connectivity index is 3.05. The van der Waals surface area contributed by atoms with Gasteiger partial charge in [-0.25, -0.2) is 12.8 Å². The van der Waals surface area contributed by atoms with Crippen molar-refractivity contribution in [2.45, 2.75) is 37.8 Å². The van der Waals surface area contributed by atoms with Crippen molar-refractivity contribution in [3.63, 3.8) is 0 Å². The van der Waals surface area contributed by atoms with Crippen molar-refractivity contribution in [3.8, 4) is 0 Å². The zero-order chi connectivity index (χ0) is 13.3. The van der Waals surface area contributed by atoms with Crippen LogP contribution in [0, 0.1) is 5.82 Å². The number of benzene rings is 1. The minimum atomic E-state index is -3.36. The van der Waals surface area contributed by atoms with E-state index in [9.17, 15) is 12.8 Å². The highest BCUT2D eigenvalue weighted by molar-refractivity contribution is 7.91. The molecule has 0 spiro atoms. The van der Waals surface area contributed by atoms with Crippen LogP contribution in [0.3, 0.4) is 0 Å². The van der Waals surface area contributed by atoms with Crippen LogP contribution >= 0.6 is 0 Å². The van der Waals surface area contributed by atoms with Crippen LogP contribution in [0.25, 0.3) is 0 Å². The summed E-state index contributed by atoms with van der Waals surface area (Å²) in [7, 11) is -3.36. The molecule has 0 fully saturated rings. The van der Waals surface area contributed by atoms with Crippen LogP contribution in [0.15, 0.2) is 18.2 Å². The average molecular weight is 259 g/mol. The number of hydrogen-bond acceptors (Lipinski definition) is 3. The molecule has 0 radical (unpaired) electrons. The summed E-state index contributed by atoms with van der Waals surface area (Å²) in [6, 6.07) is 4.42. The van der Waals surface area contributed by atoms with Gasteiger partial charge >= 0.3 is 0 Å². The van der Waals surface area contributed by atoms with Crippen molar-refractivity contribution in [2.75, 3.05) is 0 Å². The predicted molar refractivity (Wildman–Crippen MR) is 66.7 cm³/mol. The minimum absolute atomic E-state index is 0.192. The Morgan fingerprint density at radius 1 is 1.29 bits per heavy atom. The second kappa shape index (κ2) is 4.74. The molecule has 1 aromatic carbocycles. The van der Waals surface area contributed by atoms with Crippen LogP contribution in [0.1, 0.15) is 31.9 Å². The molecule has 2 N–H and O–H groups in total. The summed E-state index contributed by atoms with van der Waals surface area (Å²) >= 11 is 0. The van der Waals surface area contributed by atoms with Gasteiger partial charge in [0.05, 0.1) is 10.5 Å². The van der Waals surface area contributed by atoms with Gasteiger partial charge in [-0.05, 0) is 32.4 Å². The monoisotopic (exact) mass is 259 g/mol. The highest BCUT2D eigenvalue weighted by atomic mass is 32.2. The van der Waals surface area contributed by atoms with Gasteiger partial charge in [0.1, 0.15) is 5.82 Å². The van der Waals surface area contributed by atoms with Crippen molar-refractivity contribution in [2.24, 2.45) is 5.73 Å². The summed E-state index contributed by atoms with van der Waals surface area (Å²) in [4.78, 5) is 0. The molecule has 0 atom stereocenters. The Hall–Kier alpha value is -0.940. The molecule has 0 amide bonds. The Labute approximate surface area is 102 Å². The molecule has 0 aromatic heterocycles. The molecular weight excluding hydrogens is 241 g/mol. The quantitative estimate of drug-likeness (QED) is 0.903. The van der Waals surface area contributed by atoms with E-state index >= 15 is 0 Å². The number of halogens is 1. The molecule has 0 aliphatic carbocycles. The van der Waals surface area contributed by atoms with Gasteiger partial charge in [0, 0.05) is 12.1 Å². The maximum atomic E-state index is 13.6. The van der Waals surface area contributed by atoms with Gasteiger partial charge in [0.15, 0.2) is 9.84 Å². The molecule has 0 saturated heterocycles. The fourth-order valence-electron chi connectivity index (χ4n) is 1.26. The average Bonchev–Trinajstić information content (AvgIpc) is 2.19. The van der Waals surface area contributed by atoms with Gasteiger partial charge in [-0.3, -0.25) is 0 Å². The second-order valence-corrected chi connectivity index (χ2v) is 7.74. The Bertz CT molecular complexity index is 504. The number of rotatable bonds is 3. The fourth-order valence-corrected chi connectivity index (χ4v) is 2.33. The van der Waals surface area contributed by atoms with E-state index in [0.717, 1.165) is 0 Å². The van der Waals surface area contributed by atoms with Gasteiger partial charge in [-0.1, -0.05) is 12.1 Å². The molecule has 5 heteroatoms. The zero-order valence-electron chi connectivity index (χ0n) is 10.3. The van der Waals surface area contributed by atoms with Crippen LogP contribution in [-0.4, -0.2) is 13.2 Å². The second-order valence-electron chi connectivity index (χ2n) is 5.00. The standard InChI is InChI=1S/C12H18FNO2S/c1-12(2,3)17(15,16)8-10-5-4-9(7-14)6-11(10)13/h4-6H,7-8,14H2,1-3H3. The molecule has 1 aromatic rings. The van der Waals surface area contributed by atoms with Crippen molar-refractivity contribution < 1.29 is 12.8 Å². The van der Waals surface area contributed by atoms with Crippen LogP contribution in [0.4, 0.5) is 4.39 Å². The van der Waals surface area contributed by atoms with E-state index in [1.165, 1.54) is 12.1 Å². The topological polar surface area (TPSA) is 60.2 Å². The molecule has 1 rings (SSSR count). The molecule has 96 valence electrons. The van der Waals surface area contributed by atoms with Gasteiger partial charge in [-0.2, -0.15) is 0 Å². The molecule has 0 aliphatic heterocycles. The first-order valence-corrected chi connectivity index (χ1v) is 7.02. The number of nitrogens with two attached hydrogens (primary N) is 1. The number of sulfone groups is 1. The molecular formula is C12H18FNO2S. The van der Waals surface area contributed by atoms with Crippen LogP contribution in [-0.2, 0) is 22.1 Å². The SMILES string of the molecule is CC(C)(C)S(=O)(=O)Cc1ccc(CN)cc1F. The van der Waals surface area contributed by atoms with Gasteiger partial charge < -0.3 is 5.73 Å². The van der Waals surface area contributed by atoms with Gasteiger partial charge in [0.2, 0.25) is 0 Å². The lowest BCUT2D eigenvalue weighted by molar-refractivity contribution is 0.555. The third-order valence-electron chi connectivity index (χ3n) is 2.63. The Morgan fingerprint density at radius 2 is 1.88 bits per heavy atom. The first-order chi connectivity index (χ1) is 7.67. The van der Waals surface area contributed by atoms with E-state index in [2.05, 4.69) is 0 Å². The van der Waals surface area contributed by atoms with E-state index in [4.69, 9.17) is 5.73 Å². The summed E-state index contributed by atoms with van der Waals surface area (Å²) in [6.07, 6.45) is 0. The zero-order valence-corrected chi connectivity index (χ0v) is 11.1. The lowest BCUT2D eigenvalue weighted by atomic mass is 10.1. The summed E-state index contributed by atoms with van der Waals surface area (Å²) < 4.78 is 36.6. The van der Waals surface area contributed by atoms with Gasteiger partial charge in [0.25, 0.3) is 0 Å². The number of hydrogen-bond donors (Lipinski definition) is 1. The largest absolute Gasteiger partial charge is 0.326 e. The Kier molecular flexibility index (Phi) is 3.94. The molecule has 0 heterocycles. The fraction of sp³-hybridized carbons (Fsp3) is 0.500. The highest BCUT2D eigenvalue weighted by Gasteiger charge is 2.29. The summed E-state index contributed by atoms with van der Waals surface area (Å²) in [5.74, 6) is -0.798.